The van der Waals surface area contributed by atoms with Gasteiger partial charge in [0, 0.05) is 58.5 Å². The third kappa shape index (κ3) is 10.8. The van der Waals surface area contributed by atoms with Gasteiger partial charge in [0.05, 0.1) is 11.0 Å². The van der Waals surface area contributed by atoms with E-state index in [0.717, 1.165) is 47.0 Å². The number of nitrogens with one attached hydrogen (secondary N) is 5. The average Bonchev–Trinajstić information content (AvgIpc) is 3.06. The summed E-state index contributed by atoms with van der Waals surface area (Å²) < 4.78 is 0. The maximum atomic E-state index is 12.3. The van der Waals surface area contributed by atoms with E-state index in [4.69, 9.17) is 11.6 Å². The maximum absolute atomic E-state index is 12.3. The first-order valence-corrected chi connectivity index (χ1v) is 16.1. The van der Waals surface area contributed by atoms with Crippen LogP contribution < -0.4 is 26.6 Å². The van der Waals surface area contributed by atoms with Crippen LogP contribution in [0.3, 0.4) is 0 Å². The van der Waals surface area contributed by atoms with Gasteiger partial charge < -0.3 is 20.9 Å². The zero-order valence-corrected chi connectivity index (χ0v) is 28.8. The van der Waals surface area contributed by atoms with Crippen LogP contribution in [0.5, 0.6) is 0 Å². The van der Waals surface area contributed by atoms with Crippen molar-refractivity contribution in [2.45, 2.75) is 20.3 Å². The van der Waals surface area contributed by atoms with Crippen LogP contribution in [0.2, 0.25) is 5.15 Å². The number of carbonyl (C=O) groups excluding carboxylic acids is 2. The molecule has 0 spiro atoms. The van der Waals surface area contributed by atoms with Crippen LogP contribution >= 0.6 is 11.6 Å². The van der Waals surface area contributed by atoms with Gasteiger partial charge in [-0.3, -0.25) is 20.6 Å². The molecule has 14 nitrogen and oxygen atoms in total. The molecule has 6 rings (SSSR count). The summed E-state index contributed by atoms with van der Waals surface area (Å²) in [4.78, 5) is 51.6. The van der Waals surface area contributed by atoms with Gasteiger partial charge in [-0.05, 0) is 95.5 Å². The lowest BCUT2D eigenvalue weighted by Crippen LogP contribution is -2.21. The fourth-order valence-electron chi connectivity index (χ4n) is 4.75. The molecule has 4 aromatic heterocycles. The Kier molecular flexibility index (Phi) is 11.9. The highest BCUT2D eigenvalue weighted by molar-refractivity contribution is 6.29. The predicted octanol–water partition coefficient (Wildman–Crippen LogP) is 6.97. The number of amides is 4. The van der Waals surface area contributed by atoms with Gasteiger partial charge in [0.2, 0.25) is 11.9 Å². The van der Waals surface area contributed by atoms with Crippen molar-refractivity contribution >= 4 is 74.6 Å². The van der Waals surface area contributed by atoms with E-state index >= 15 is 0 Å². The quantitative estimate of drug-likeness (QED) is 0.0786. The highest BCUT2D eigenvalue weighted by Gasteiger charge is 2.09. The molecule has 0 bridgehead atoms. The number of nitrogens with zero attached hydrogens (tertiary/aromatic N) is 7. The van der Waals surface area contributed by atoms with E-state index in [1.165, 1.54) is 0 Å². The highest BCUT2D eigenvalue weighted by Crippen LogP contribution is 2.19. The largest absolute Gasteiger partial charge is 0.370 e. The molecule has 0 aliphatic heterocycles. The van der Waals surface area contributed by atoms with E-state index in [2.05, 4.69) is 61.4 Å². The zero-order chi connectivity index (χ0) is 35.5. The van der Waals surface area contributed by atoms with Gasteiger partial charge in [0.1, 0.15) is 11.0 Å². The summed E-state index contributed by atoms with van der Waals surface area (Å²) in [6, 6.07) is 21.2. The lowest BCUT2D eigenvalue weighted by atomic mass is 10.2. The van der Waals surface area contributed by atoms with E-state index in [-0.39, 0.29) is 17.0 Å². The van der Waals surface area contributed by atoms with Gasteiger partial charge in [-0.2, -0.15) is 4.98 Å². The Bertz CT molecular complexity index is 2090. The maximum Gasteiger partial charge on any atom is 0.326 e. The normalized spacial score (nSPS) is 10.7. The molecule has 2 aromatic carbocycles. The van der Waals surface area contributed by atoms with Crippen LogP contribution in [0.1, 0.15) is 17.8 Å². The summed E-state index contributed by atoms with van der Waals surface area (Å²) in [6.07, 6.45) is 4.46. The molecule has 0 atom stereocenters. The summed E-state index contributed by atoms with van der Waals surface area (Å²) >= 11 is 5.83. The van der Waals surface area contributed by atoms with Gasteiger partial charge in [0.15, 0.2) is 0 Å². The van der Waals surface area contributed by atoms with Crippen molar-refractivity contribution in [3.05, 3.63) is 102 Å². The minimum absolute atomic E-state index is 0.157. The van der Waals surface area contributed by atoms with Crippen molar-refractivity contribution in [3.8, 4) is 0 Å². The minimum Gasteiger partial charge on any atom is -0.370 e. The number of hydrogen-bond donors (Lipinski definition) is 5. The first-order chi connectivity index (χ1) is 24.1. The van der Waals surface area contributed by atoms with Crippen LogP contribution in [-0.2, 0) is 0 Å². The number of fused-ring (bicyclic) bond motifs is 2. The van der Waals surface area contributed by atoms with Crippen LogP contribution in [-0.4, -0.2) is 74.1 Å². The third-order valence-corrected chi connectivity index (χ3v) is 7.13. The molecule has 0 saturated carbocycles. The van der Waals surface area contributed by atoms with E-state index in [1.807, 2.05) is 81.7 Å². The SMILES string of the molecule is Cc1cc(Cl)nc(NC(=O)Nc2ccc3ncccc3c2)n1.Cc1cc(NCCCN(C)C)nc(NC(=O)Nc2ccc3ncccc3c2)n1. The summed E-state index contributed by atoms with van der Waals surface area (Å²) in [7, 11) is 4.09. The molecule has 0 aliphatic carbocycles. The predicted molar refractivity (Wildman–Crippen MR) is 199 cm³/mol. The summed E-state index contributed by atoms with van der Waals surface area (Å²) in [5, 5.41) is 16.2. The minimum atomic E-state index is -0.440. The van der Waals surface area contributed by atoms with Crippen LogP contribution in [0.25, 0.3) is 21.8 Å². The van der Waals surface area contributed by atoms with Crippen molar-refractivity contribution in [1.29, 1.82) is 0 Å². The summed E-state index contributed by atoms with van der Waals surface area (Å²) in [5.41, 5.74) is 4.51. The molecule has 0 unspecified atom stereocenters. The van der Waals surface area contributed by atoms with Gasteiger partial charge in [-0.1, -0.05) is 23.7 Å². The second-order valence-electron chi connectivity index (χ2n) is 11.4. The Balaban J connectivity index is 0.000000200. The lowest BCUT2D eigenvalue weighted by Gasteiger charge is -2.12. The van der Waals surface area contributed by atoms with Crippen molar-refractivity contribution in [3.63, 3.8) is 0 Å². The first-order valence-electron chi connectivity index (χ1n) is 15.7. The number of anilines is 5. The topological polar surface area (TPSA) is 175 Å². The molecule has 4 heterocycles. The Morgan fingerprint density at radius 3 is 1.76 bits per heavy atom. The molecule has 50 heavy (non-hydrogen) atoms. The zero-order valence-electron chi connectivity index (χ0n) is 28.0. The van der Waals surface area contributed by atoms with E-state index in [9.17, 15) is 9.59 Å². The molecule has 0 radical (unpaired) electrons. The Labute approximate surface area is 294 Å². The summed E-state index contributed by atoms with van der Waals surface area (Å²) in [5.74, 6) is 1.11. The van der Waals surface area contributed by atoms with E-state index in [0.29, 0.717) is 22.9 Å². The molecule has 0 aliphatic rings. The number of halogens is 1. The van der Waals surface area contributed by atoms with E-state index < -0.39 is 12.1 Å². The number of hydrogen-bond acceptors (Lipinski definition) is 10. The Morgan fingerprint density at radius 1 is 0.680 bits per heavy atom. The summed E-state index contributed by atoms with van der Waals surface area (Å²) in [6.45, 7) is 5.43. The third-order valence-electron chi connectivity index (χ3n) is 6.94. The number of carbonyl (C=O) groups is 2. The van der Waals surface area contributed by atoms with Crippen molar-refractivity contribution in [1.82, 2.24) is 34.8 Å². The van der Waals surface area contributed by atoms with Gasteiger partial charge in [-0.15, -0.1) is 0 Å². The van der Waals surface area contributed by atoms with Crippen molar-refractivity contribution < 1.29 is 9.59 Å². The smallest absolute Gasteiger partial charge is 0.326 e. The molecule has 256 valence electrons. The van der Waals surface area contributed by atoms with E-state index in [1.54, 1.807) is 31.5 Å². The lowest BCUT2D eigenvalue weighted by molar-refractivity contribution is 0.261. The molecular formula is C35H37ClN12O2. The van der Waals surface area contributed by atoms with Crippen molar-refractivity contribution in [2.24, 2.45) is 0 Å². The molecular weight excluding hydrogens is 656 g/mol. The monoisotopic (exact) mass is 692 g/mol. The van der Waals surface area contributed by atoms with Gasteiger partial charge in [-0.25, -0.2) is 24.5 Å². The molecule has 0 fully saturated rings. The average molecular weight is 693 g/mol. The fourth-order valence-corrected chi connectivity index (χ4v) is 4.99. The number of rotatable bonds is 9. The number of pyridine rings is 2. The Morgan fingerprint density at radius 2 is 1.22 bits per heavy atom. The number of aromatic nitrogens is 6. The van der Waals surface area contributed by atoms with Crippen molar-refractivity contribution in [2.75, 3.05) is 53.8 Å². The molecule has 15 heteroatoms. The van der Waals surface area contributed by atoms with Gasteiger partial charge in [0.25, 0.3) is 0 Å². The number of aryl methyl sites for hydroxylation is 2. The second kappa shape index (κ2) is 16.9. The molecule has 5 N–H and O–H groups in total. The molecule has 6 aromatic rings. The molecule has 0 saturated heterocycles. The number of urea groups is 2. The standard InChI is InChI=1S/C20H25N7O.C15H12ClN5O/c1-14-12-18(22-10-5-11-27(2)3)25-19(23-14)26-20(28)24-16-7-8-17-15(13-16)6-4-9-21-17;1-9-7-13(16)20-14(18-9)21-15(22)19-11-4-5-12-10(8-11)3-2-6-17-12/h4,6-9,12-13H,5,10-11H2,1-3H3,(H3,22,23,24,25,26,28);2-8H,1H3,(H2,18,19,20,21,22). The Hall–Kier alpha value is -5.99. The molecule has 4 amide bonds. The first kappa shape index (κ1) is 35.3. The van der Waals surface area contributed by atoms with Crippen LogP contribution in [0, 0.1) is 13.8 Å². The van der Waals surface area contributed by atoms with Gasteiger partial charge >= 0.3 is 12.1 Å². The number of benzene rings is 2. The van der Waals surface area contributed by atoms with Crippen LogP contribution in [0.15, 0.2) is 85.2 Å². The highest BCUT2D eigenvalue weighted by atomic mass is 35.5. The van der Waals surface area contributed by atoms with Crippen LogP contribution in [0.4, 0.5) is 38.7 Å². The second-order valence-corrected chi connectivity index (χ2v) is 11.8. The fraction of sp³-hybridized carbons (Fsp3) is 0.200.